The second-order valence-corrected chi connectivity index (χ2v) is 14.5. The molecule has 0 unspecified atom stereocenters. The van der Waals surface area contributed by atoms with Crippen molar-refractivity contribution in [3.05, 3.63) is 127 Å². The Balaban J connectivity index is 0. The molecular formula is C35H31Br5F8LiN3O5. The summed E-state index contributed by atoms with van der Waals surface area (Å²) in [5.41, 5.74) is -2.32. The molecule has 0 atom stereocenters. The van der Waals surface area contributed by atoms with Crippen LogP contribution in [0.15, 0.2) is 91.2 Å². The van der Waals surface area contributed by atoms with E-state index in [0.29, 0.717) is 21.1 Å². The number of esters is 2. The Labute approximate surface area is 377 Å². The number of halogens is 13. The number of unbranched alkanes of at least 4 members (excludes halogenated alkanes) is 1. The van der Waals surface area contributed by atoms with Gasteiger partial charge in [0.1, 0.15) is 27.6 Å². The summed E-state index contributed by atoms with van der Waals surface area (Å²) in [5, 5.41) is 0. The van der Waals surface area contributed by atoms with Crippen molar-refractivity contribution in [3.8, 4) is 0 Å². The van der Waals surface area contributed by atoms with Gasteiger partial charge in [0.25, 0.3) is 0 Å². The first-order valence-electron chi connectivity index (χ1n) is 15.5. The molecule has 8 nitrogen and oxygen atoms in total. The molecule has 0 spiro atoms. The SMILES string of the molecule is Brc1ccc(Br)nc1.CCOC(=O)C(F)(F)Br.CCOC(=O)C(F)(F)c1ccc(Br)cn1.O=C(c1ccc(F)cc1F)C(F)(F)c1ccc(Br)cn1.[CH2-]CCC.[Li+]. The number of Topliss-reactive ketones (excluding diaryl/α,β-unsaturated/α-hetero) is 1. The number of carbonyl (C=O) groups excluding carboxylic acids is 3. The first-order chi connectivity index (χ1) is 26.0. The molecule has 1 aromatic carbocycles. The molecule has 3 heterocycles. The molecule has 0 N–H and O–H groups in total. The van der Waals surface area contributed by atoms with Crippen LogP contribution in [-0.2, 0) is 30.9 Å². The van der Waals surface area contributed by atoms with E-state index in [0.717, 1.165) is 39.9 Å². The van der Waals surface area contributed by atoms with Gasteiger partial charge in [-0.05, 0) is 126 Å². The standard InChI is InChI=1S/C13H6BrF4NO.C9H8BrF2NO2.C5H3Br2N.C4H5BrF2O2.C4H9.Li/c14-7-1-4-11(19-6-7)13(17,18)12(20)9-3-2-8(15)5-10(9)16;1-2-15-8(14)9(11,12)7-4-3-6(10)5-13-7;6-4-1-2-5(7)8-3-4;1-2-9-3(8)4(5,6)7;1-3-4-2;/h1-6H;3-5H,2H2,1H3;1-3H;2H2,1H3;1,3-4H2,2H3;/q;;;;-1;+1. The minimum atomic E-state index is -4.00. The fourth-order valence-corrected chi connectivity index (χ4v) is 4.03. The van der Waals surface area contributed by atoms with Gasteiger partial charge in [-0.2, -0.15) is 32.8 Å². The number of hydrogen-bond acceptors (Lipinski definition) is 8. The van der Waals surface area contributed by atoms with Crippen molar-refractivity contribution in [1.29, 1.82) is 0 Å². The molecule has 22 heteroatoms. The number of aromatic nitrogens is 3. The van der Waals surface area contributed by atoms with Gasteiger partial charge in [0.2, 0.25) is 5.78 Å². The molecule has 4 rings (SSSR count). The minimum Gasteiger partial charge on any atom is -0.461 e. The fourth-order valence-electron chi connectivity index (χ4n) is 2.98. The van der Waals surface area contributed by atoms with Gasteiger partial charge >= 0.3 is 47.5 Å². The smallest absolute Gasteiger partial charge is 0.461 e. The number of pyridine rings is 3. The third kappa shape index (κ3) is 21.5. The third-order valence-corrected chi connectivity index (χ3v) is 7.84. The van der Waals surface area contributed by atoms with Crippen LogP contribution in [0.4, 0.5) is 35.1 Å². The zero-order valence-corrected chi connectivity index (χ0v) is 38.2. The maximum absolute atomic E-state index is 14.0. The van der Waals surface area contributed by atoms with Gasteiger partial charge in [0.05, 0.1) is 18.8 Å². The van der Waals surface area contributed by atoms with E-state index >= 15 is 0 Å². The Kier molecular flexibility index (Phi) is 28.1. The Hall–Kier alpha value is -2.28. The molecule has 0 amide bonds. The quantitative estimate of drug-likeness (QED) is 0.0311. The second kappa shape index (κ2) is 28.2. The van der Waals surface area contributed by atoms with E-state index in [4.69, 9.17) is 0 Å². The minimum absolute atomic E-state index is 0. The van der Waals surface area contributed by atoms with Crippen LogP contribution in [-0.4, -0.2) is 50.7 Å². The van der Waals surface area contributed by atoms with E-state index in [-0.39, 0.29) is 32.1 Å². The average molecular weight is 1130 g/mol. The Morgan fingerprint density at radius 2 is 1.09 bits per heavy atom. The van der Waals surface area contributed by atoms with E-state index in [2.05, 4.69) is 102 Å². The monoisotopic (exact) mass is 1130 g/mol. The maximum atomic E-state index is 14.0. The molecule has 308 valence electrons. The summed E-state index contributed by atoms with van der Waals surface area (Å²) in [7, 11) is 0. The maximum Gasteiger partial charge on any atom is 1.00 e. The number of alkyl halides is 7. The first kappa shape index (κ1) is 56.8. The van der Waals surface area contributed by atoms with Crippen LogP contribution in [0, 0.1) is 18.6 Å². The normalized spacial score (nSPS) is 10.5. The number of ether oxygens (including phenoxy) is 2. The zero-order valence-electron chi connectivity index (χ0n) is 30.3. The first-order valence-corrected chi connectivity index (χ1v) is 19.4. The van der Waals surface area contributed by atoms with Crippen molar-refractivity contribution in [2.75, 3.05) is 13.2 Å². The molecule has 0 radical (unpaired) electrons. The summed E-state index contributed by atoms with van der Waals surface area (Å²) >= 11 is 14.4. The predicted molar refractivity (Wildman–Crippen MR) is 209 cm³/mol. The number of hydrogen-bond donors (Lipinski definition) is 0. The van der Waals surface area contributed by atoms with Crippen molar-refractivity contribution in [2.45, 2.75) is 50.3 Å². The summed E-state index contributed by atoms with van der Waals surface area (Å²) in [6.07, 6.45) is 6.31. The van der Waals surface area contributed by atoms with Gasteiger partial charge in [0.15, 0.2) is 0 Å². The molecule has 57 heavy (non-hydrogen) atoms. The van der Waals surface area contributed by atoms with Crippen LogP contribution in [0.2, 0.25) is 0 Å². The van der Waals surface area contributed by atoms with Gasteiger partial charge in [0, 0.05) is 54.0 Å². The Morgan fingerprint density at radius 1 is 0.667 bits per heavy atom. The Bertz CT molecular complexity index is 1790. The van der Waals surface area contributed by atoms with Gasteiger partial charge < -0.3 is 16.4 Å². The Morgan fingerprint density at radius 3 is 1.40 bits per heavy atom. The van der Waals surface area contributed by atoms with E-state index < -0.39 is 63.0 Å². The van der Waals surface area contributed by atoms with Crippen LogP contribution in [0.5, 0.6) is 0 Å². The van der Waals surface area contributed by atoms with E-state index in [9.17, 15) is 49.5 Å². The van der Waals surface area contributed by atoms with E-state index in [1.165, 1.54) is 38.6 Å². The molecule has 0 aliphatic rings. The van der Waals surface area contributed by atoms with Crippen molar-refractivity contribution in [1.82, 2.24) is 15.0 Å². The molecule has 3 aromatic heterocycles. The molecule has 4 aromatic rings. The molecule has 0 fully saturated rings. The van der Waals surface area contributed by atoms with Crippen molar-refractivity contribution >= 4 is 97.4 Å². The van der Waals surface area contributed by atoms with Crippen molar-refractivity contribution in [2.24, 2.45) is 0 Å². The molecule has 0 saturated carbocycles. The summed E-state index contributed by atoms with van der Waals surface area (Å²) in [6, 6.07) is 10.3. The van der Waals surface area contributed by atoms with Crippen LogP contribution in [0.25, 0.3) is 0 Å². The van der Waals surface area contributed by atoms with Crippen molar-refractivity contribution < 1.29 is 77.8 Å². The number of carbonyl (C=O) groups is 3. The number of benzene rings is 1. The van der Waals surface area contributed by atoms with E-state index in [1.807, 2.05) is 28.1 Å². The third-order valence-electron chi connectivity index (χ3n) is 5.64. The van der Waals surface area contributed by atoms with Gasteiger partial charge in [-0.15, -0.1) is 0 Å². The second-order valence-electron chi connectivity index (χ2n) is 9.92. The molecular weight excluding hydrogens is 1100 g/mol. The van der Waals surface area contributed by atoms with E-state index in [1.54, 1.807) is 6.20 Å². The number of ketones is 1. The van der Waals surface area contributed by atoms with Gasteiger partial charge in [-0.25, -0.2) is 23.4 Å². The van der Waals surface area contributed by atoms with Crippen LogP contribution in [0.3, 0.4) is 0 Å². The van der Waals surface area contributed by atoms with Crippen LogP contribution < -0.4 is 18.9 Å². The van der Waals surface area contributed by atoms with Crippen LogP contribution in [0.1, 0.15) is 55.4 Å². The number of nitrogens with zero attached hydrogens (tertiary/aromatic N) is 3. The molecule has 0 bridgehead atoms. The zero-order chi connectivity index (χ0) is 43.3. The largest absolute Gasteiger partial charge is 1.00 e. The average Bonchev–Trinajstić information content (AvgIpc) is 3.14. The topological polar surface area (TPSA) is 108 Å². The predicted octanol–water partition coefficient (Wildman–Crippen LogP) is 9.36. The summed E-state index contributed by atoms with van der Waals surface area (Å²) in [6.45, 7) is 8.50. The molecule has 0 aliphatic carbocycles. The molecule has 0 saturated heterocycles. The summed E-state index contributed by atoms with van der Waals surface area (Å²) < 4.78 is 115. The summed E-state index contributed by atoms with van der Waals surface area (Å²) in [4.78, 5) is 40.0. The van der Waals surface area contributed by atoms with Crippen LogP contribution >= 0.6 is 79.6 Å². The molecule has 0 aliphatic heterocycles. The summed E-state index contributed by atoms with van der Waals surface area (Å²) in [5.74, 6) is -14.9. The van der Waals surface area contributed by atoms with Crippen molar-refractivity contribution in [3.63, 3.8) is 0 Å². The van der Waals surface area contributed by atoms with Gasteiger partial charge in [-0.1, -0.05) is 13.3 Å². The number of rotatable bonds is 9. The van der Waals surface area contributed by atoms with Gasteiger partial charge in [-0.3, -0.25) is 14.8 Å². The fraction of sp³-hybridized carbons (Fsp3) is 0.286.